The van der Waals surface area contributed by atoms with Gasteiger partial charge >= 0.3 is 6.18 Å². The van der Waals surface area contributed by atoms with Crippen LogP contribution in [0.4, 0.5) is 13.2 Å². The van der Waals surface area contributed by atoms with Crippen LogP contribution in [0.1, 0.15) is 12.6 Å². The van der Waals surface area contributed by atoms with Crippen LogP contribution in [0.5, 0.6) is 0 Å². The smallest absolute Gasteiger partial charge is 0.394 e. The Balaban J connectivity index is 3.13. The van der Waals surface area contributed by atoms with E-state index < -0.39 is 11.9 Å². The van der Waals surface area contributed by atoms with Crippen LogP contribution in [-0.4, -0.2) is 33.9 Å². The summed E-state index contributed by atoms with van der Waals surface area (Å²) in [6.07, 6.45) is -3.49. The highest BCUT2D eigenvalue weighted by Crippen LogP contribution is 2.25. The molecule has 0 aromatic carbocycles. The van der Waals surface area contributed by atoms with Crippen LogP contribution in [-0.2, 0) is 13.5 Å². The molecule has 0 fully saturated rings. The summed E-state index contributed by atoms with van der Waals surface area (Å²) >= 11 is 1.91. The number of rotatable bonds is 4. The van der Waals surface area contributed by atoms with Crippen LogP contribution in [0, 0.1) is 3.70 Å². The molecular formula is C10H13F3IN5. The van der Waals surface area contributed by atoms with Gasteiger partial charge in [0.2, 0.25) is 0 Å². The average molecular weight is 387 g/mol. The maximum absolute atomic E-state index is 12.6. The molecule has 0 bridgehead atoms. The van der Waals surface area contributed by atoms with Crippen molar-refractivity contribution in [3.63, 3.8) is 0 Å². The molecule has 0 aliphatic carbocycles. The summed E-state index contributed by atoms with van der Waals surface area (Å²) in [5.41, 5.74) is 4.33. The molecule has 1 aromatic heterocycles. The fourth-order valence-electron chi connectivity index (χ4n) is 1.31. The van der Waals surface area contributed by atoms with E-state index in [4.69, 9.17) is 5.73 Å². The minimum atomic E-state index is -4.58. The van der Waals surface area contributed by atoms with Crippen molar-refractivity contribution in [3.8, 4) is 0 Å². The summed E-state index contributed by atoms with van der Waals surface area (Å²) in [4.78, 5) is 5.12. The zero-order chi connectivity index (χ0) is 14.6. The Kier molecular flexibility index (Phi) is 5.32. The summed E-state index contributed by atoms with van der Waals surface area (Å²) in [6.45, 7) is 2.11. The van der Waals surface area contributed by atoms with E-state index in [1.807, 2.05) is 22.6 Å². The average Bonchev–Trinajstić information content (AvgIpc) is 2.61. The molecule has 1 heterocycles. The van der Waals surface area contributed by atoms with Crippen LogP contribution in [0.15, 0.2) is 16.3 Å². The maximum atomic E-state index is 12.6. The minimum Gasteiger partial charge on any atom is -0.394 e. The third kappa shape index (κ3) is 4.48. The first-order chi connectivity index (χ1) is 8.75. The first-order valence-electron chi connectivity index (χ1n) is 5.37. The molecular weight excluding hydrogens is 374 g/mol. The number of nitrogens with zero attached hydrogens (tertiary/aromatic N) is 4. The highest BCUT2D eigenvalue weighted by molar-refractivity contribution is 14.1. The van der Waals surface area contributed by atoms with Gasteiger partial charge < -0.3 is 5.73 Å². The Hall–Kier alpha value is -1.13. The molecule has 0 saturated carbocycles. The number of aromatic nitrogens is 3. The topological polar surface area (TPSA) is 69.1 Å². The number of allylic oxidation sites excluding steroid dienone is 2. The van der Waals surface area contributed by atoms with Gasteiger partial charge in [0.15, 0.2) is 0 Å². The Morgan fingerprint density at radius 2 is 2.11 bits per heavy atom. The van der Waals surface area contributed by atoms with Crippen LogP contribution >= 0.6 is 22.6 Å². The van der Waals surface area contributed by atoms with Gasteiger partial charge in [0.25, 0.3) is 0 Å². The highest BCUT2D eigenvalue weighted by Gasteiger charge is 2.34. The first-order valence-corrected chi connectivity index (χ1v) is 6.45. The predicted octanol–water partition coefficient (Wildman–Crippen LogP) is 1.83. The maximum Gasteiger partial charge on any atom is 0.431 e. The lowest BCUT2D eigenvalue weighted by atomic mass is 10.1. The molecule has 0 amide bonds. The number of hydrogen-bond donors (Lipinski definition) is 1. The van der Waals surface area contributed by atoms with Crippen molar-refractivity contribution in [3.05, 3.63) is 20.7 Å². The van der Waals surface area contributed by atoms with E-state index in [1.54, 1.807) is 14.0 Å². The van der Waals surface area contributed by atoms with E-state index >= 15 is 0 Å². The normalized spacial score (nSPS) is 14.0. The van der Waals surface area contributed by atoms with Gasteiger partial charge in [-0.05, 0) is 29.5 Å². The molecule has 0 aliphatic heterocycles. The Morgan fingerprint density at radius 3 is 2.53 bits per heavy atom. The van der Waals surface area contributed by atoms with Crippen LogP contribution in [0.2, 0.25) is 0 Å². The fraction of sp³-hybridized carbons (Fsp3) is 0.500. The van der Waals surface area contributed by atoms with Crippen molar-refractivity contribution in [1.82, 2.24) is 15.0 Å². The molecule has 0 atom stereocenters. The molecule has 0 aliphatic rings. The number of alkyl halides is 3. The van der Waals surface area contributed by atoms with Gasteiger partial charge in [-0.25, -0.2) is 0 Å². The quantitative estimate of drug-likeness (QED) is 0.633. The van der Waals surface area contributed by atoms with Crippen molar-refractivity contribution in [2.45, 2.75) is 19.5 Å². The largest absolute Gasteiger partial charge is 0.431 e. The second kappa shape index (κ2) is 6.35. The number of aliphatic imine (C=N–C) groups is 1. The lowest BCUT2D eigenvalue weighted by molar-refractivity contribution is -0.0932. The van der Waals surface area contributed by atoms with Crippen molar-refractivity contribution in [2.75, 3.05) is 6.54 Å². The first kappa shape index (κ1) is 15.9. The van der Waals surface area contributed by atoms with Gasteiger partial charge in [0.05, 0.1) is 0 Å². The van der Waals surface area contributed by atoms with Crippen LogP contribution in [0.25, 0.3) is 0 Å². The number of aryl methyl sites for hydroxylation is 1. The monoisotopic (exact) mass is 387 g/mol. The summed E-state index contributed by atoms with van der Waals surface area (Å²) in [7, 11) is 1.60. The van der Waals surface area contributed by atoms with Crippen molar-refractivity contribution in [1.29, 1.82) is 0 Å². The third-order valence-electron chi connectivity index (χ3n) is 2.18. The zero-order valence-electron chi connectivity index (χ0n) is 10.4. The molecule has 0 unspecified atom stereocenters. The second-order valence-electron chi connectivity index (χ2n) is 3.67. The fourth-order valence-corrected chi connectivity index (χ4v) is 1.92. The molecule has 2 N–H and O–H groups in total. The van der Waals surface area contributed by atoms with Gasteiger partial charge in [0, 0.05) is 31.8 Å². The Bertz CT molecular complexity index is 504. The summed E-state index contributed by atoms with van der Waals surface area (Å²) in [6, 6.07) is 0. The number of nitrogens with two attached hydrogens (primary N) is 1. The summed E-state index contributed by atoms with van der Waals surface area (Å²) in [5, 5.41) is 7.97. The van der Waals surface area contributed by atoms with Crippen molar-refractivity contribution >= 4 is 28.8 Å². The number of halogens is 4. The lowest BCUT2D eigenvalue weighted by Gasteiger charge is -2.10. The standard InChI is InChI=1S/C10H13F3IN5/c1-3-16-5-6(8(15)10(11,12)13)4-7-9(14)18-19(2)17-7/h5H,3-4,15H2,1-2H3. The van der Waals surface area contributed by atoms with E-state index in [9.17, 15) is 13.2 Å². The van der Waals surface area contributed by atoms with E-state index in [-0.39, 0.29) is 12.0 Å². The van der Waals surface area contributed by atoms with E-state index in [2.05, 4.69) is 15.2 Å². The predicted molar refractivity (Wildman–Crippen MR) is 73.7 cm³/mol. The SMILES string of the molecule is CCN=CC(Cc1nn(C)nc1I)=C(N)C(F)(F)F. The zero-order valence-corrected chi connectivity index (χ0v) is 12.5. The van der Waals surface area contributed by atoms with Gasteiger partial charge in [-0.3, -0.25) is 4.99 Å². The molecule has 0 saturated heterocycles. The van der Waals surface area contributed by atoms with Gasteiger partial charge in [-0.2, -0.15) is 23.1 Å². The molecule has 9 heteroatoms. The van der Waals surface area contributed by atoms with Crippen molar-refractivity contribution in [2.24, 2.45) is 17.8 Å². The molecule has 0 spiro atoms. The van der Waals surface area contributed by atoms with Crippen LogP contribution < -0.4 is 5.73 Å². The molecule has 1 rings (SSSR count). The molecule has 106 valence electrons. The summed E-state index contributed by atoms with van der Waals surface area (Å²) < 4.78 is 38.5. The molecule has 5 nitrogen and oxygen atoms in total. The lowest BCUT2D eigenvalue weighted by Crippen LogP contribution is -2.23. The Labute approximate surface area is 121 Å². The van der Waals surface area contributed by atoms with Gasteiger partial charge in [-0.15, -0.1) is 5.10 Å². The number of hydrogen-bond acceptors (Lipinski definition) is 4. The third-order valence-corrected chi connectivity index (χ3v) is 3.01. The minimum absolute atomic E-state index is 0.0546. The van der Waals surface area contributed by atoms with Gasteiger partial charge in [0.1, 0.15) is 15.1 Å². The molecule has 19 heavy (non-hydrogen) atoms. The van der Waals surface area contributed by atoms with Crippen LogP contribution in [0.3, 0.4) is 0 Å². The van der Waals surface area contributed by atoms with Crippen molar-refractivity contribution < 1.29 is 13.2 Å². The highest BCUT2D eigenvalue weighted by atomic mass is 127. The Morgan fingerprint density at radius 1 is 1.47 bits per heavy atom. The second-order valence-corrected chi connectivity index (χ2v) is 4.69. The van der Waals surface area contributed by atoms with E-state index in [0.29, 0.717) is 15.9 Å². The van der Waals surface area contributed by atoms with E-state index in [1.165, 1.54) is 4.80 Å². The van der Waals surface area contributed by atoms with Gasteiger partial charge in [-0.1, -0.05) is 0 Å². The molecule has 1 aromatic rings. The molecule has 0 radical (unpaired) electrons. The van der Waals surface area contributed by atoms with E-state index in [0.717, 1.165) is 6.21 Å². The summed E-state index contributed by atoms with van der Waals surface area (Å²) in [5.74, 6) is 0.